The third kappa shape index (κ3) is 4.28. The number of aliphatic carboxylic acids is 1. The Balaban J connectivity index is 2.63. The van der Waals surface area contributed by atoms with Crippen LogP contribution < -0.4 is 10.4 Å². The van der Waals surface area contributed by atoms with Gasteiger partial charge in [0.1, 0.15) is 0 Å². The van der Waals surface area contributed by atoms with Crippen molar-refractivity contribution in [1.29, 1.82) is 0 Å². The highest BCUT2D eigenvalue weighted by Crippen LogP contribution is 2.14. The summed E-state index contributed by atoms with van der Waals surface area (Å²) in [6.45, 7) is 0. The minimum absolute atomic E-state index is 0.483. The number of hydrogen-bond acceptors (Lipinski definition) is 3. The first-order valence-corrected chi connectivity index (χ1v) is 4.41. The number of amides is 1. The van der Waals surface area contributed by atoms with Crippen LogP contribution in [0.4, 0.5) is 5.69 Å². The van der Waals surface area contributed by atoms with Gasteiger partial charge in [-0.1, -0.05) is 17.7 Å². The summed E-state index contributed by atoms with van der Waals surface area (Å²) in [6.07, 6.45) is 1.52. The minimum atomic E-state index is -1.42. The Morgan fingerprint density at radius 1 is 1.33 bits per heavy atom. The Hall–Kier alpha value is -1.81. The standard InChI is InChI=1S/C10H8ClNO3/c11-7-2-1-3-8(6-7)12-9(13)4-5-10(14)15/h1-6H,(H,12,13)(H,14,15)/p-1. The number of benzene rings is 1. The maximum Gasteiger partial charge on any atom is 0.248 e. The van der Waals surface area contributed by atoms with Crippen molar-refractivity contribution in [3.8, 4) is 0 Å². The molecule has 1 rings (SSSR count). The van der Waals surface area contributed by atoms with E-state index in [2.05, 4.69) is 5.32 Å². The van der Waals surface area contributed by atoms with Gasteiger partial charge in [0, 0.05) is 16.8 Å². The summed E-state index contributed by atoms with van der Waals surface area (Å²) >= 11 is 5.68. The van der Waals surface area contributed by atoms with Crippen molar-refractivity contribution in [3.63, 3.8) is 0 Å². The van der Waals surface area contributed by atoms with Gasteiger partial charge in [-0.15, -0.1) is 0 Å². The lowest BCUT2D eigenvalue weighted by Crippen LogP contribution is -2.20. The van der Waals surface area contributed by atoms with Crippen LogP contribution in [0.25, 0.3) is 0 Å². The minimum Gasteiger partial charge on any atom is -0.545 e. The summed E-state index contributed by atoms with van der Waals surface area (Å²) in [6, 6.07) is 6.51. The fraction of sp³-hybridized carbons (Fsp3) is 0. The Kier molecular flexibility index (Phi) is 3.88. The highest BCUT2D eigenvalue weighted by molar-refractivity contribution is 6.30. The highest BCUT2D eigenvalue weighted by Gasteiger charge is 1.97. The number of carbonyl (C=O) groups is 2. The van der Waals surface area contributed by atoms with Crippen LogP contribution in [0.3, 0.4) is 0 Å². The van der Waals surface area contributed by atoms with Gasteiger partial charge in [-0.2, -0.15) is 0 Å². The fourth-order valence-electron chi connectivity index (χ4n) is 0.894. The van der Waals surface area contributed by atoms with Gasteiger partial charge in [-0.05, 0) is 24.3 Å². The number of halogens is 1. The molecule has 0 aliphatic rings. The number of rotatable bonds is 3. The molecule has 0 saturated heterocycles. The van der Waals surface area contributed by atoms with Crippen molar-refractivity contribution in [2.45, 2.75) is 0 Å². The molecule has 1 amide bonds. The topological polar surface area (TPSA) is 69.2 Å². The molecule has 0 spiro atoms. The van der Waals surface area contributed by atoms with Crippen LogP contribution >= 0.6 is 11.6 Å². The van der Waals surface area contributed by atoms with E-state index in [0.717, 1.165) is 6.08 Å². The van der Waals surface area contributed by atoms with Crippen LogP contribution in [0.2, 0.25) is 5.02 Å². The SMILES string of the molecule is O=C([O-])C=CC(=O)Nc1cccc(Cl)c1. The van der Waals surface area contributed by atoms with Crippen molar-refractivity contribution in [1.82, 2.24) is 0 Å². The lowest BCUT2D eigenvalue weighted by Gasteiger charge is -2.01. The zero-order chi connectivity index (χ0) is 11.3. The number of anilines is 1. The molecule has 0 radical (unpaired) electrons. The van der Waals surface area contributed by atoms with Gasteiger partial charge in [-0.3, -0.25) is 4.79 Å². The number of carboxylic acids is 1. The van der Waals surface area contributed by atoms with Crippen molar-refractivity contribution in [2.24, 2.45) is 0 Å². The second-order valence-corrected chi connectivity index (χ2v) is 3.09. The highest BCUT2D eigenvalue weighted by atomic mass is 35.5. The molecule has 1 N–H and O–H groups in total. The first-order valence-electron chi connectivity index (χ1n) is 4.03. The van der Waals surface area contributed by atoms with Gasteiger partial charge in [0.2, 0.25) is 5.91 Å². The zero-order valence-electron chi connectivity index (χ0n) is 7.57. The van der Waals surface area contributed by atoms with Crippen molar-refractivity contribution < 1.29 is 14.7 Å². The third-order valence-electron chi connectivity index (χ3n) is 1.46. The summed E-state index contributed by atoms with van der Waals surface area (Å²) in [5.41, 5.74) is 0.496. The van der Waals surface area contributed by atoms with E-state index in [1.165, 1.54) is 0 Å². The second-order valence-electron chi connectivity index (χ2n) is 2.65. The number of carbonyl (C=O) groups excluding carboxylic acids is 2. The molecule has 1 aromatic rings. The van der Waals surface area contributed by atoms with E-state index < -0.39 is 11.9 Å². The van der Waals surface area contributed by atoms with Crippen LogP contribution in [-0.2, 0) is 9.59 Å². The van der Waals surface area contributed by atoms with E-state index in [4.69, 9.17) is 11.6 Å². The predicted octanol–water partition coefficient (Wildman–Crippen LogP) is 0.585. The van der Waals surface area contributed by atoms with E-state index in [9.17, 15) is 14.7 Å². The average Bonchev–Trinajstić information content (AvgIpc) is 2.15. The Morgan fingerprint density at radius 2 is 2.07 bits per heavy atom. The van der Waals surface area contributed by atoms with E-state index in [-0.39, 0.29) is 0 Å². The van der Waals surface area contributed by atoms with Crippen molar-refractivity contribution in [3.05, 3.63) is 41.4 Å². The smallest absolute Gasteiger partial charge is 0.248 e. The van der Waals surface area contributed by atoms with Crippen LogP contribution in [0.1, 0.15) is 0 Å². The molecule has 0 saturated carbocycles. The van der Waals surface area contributed by atoms with Gasteiger partial charge < -0.3 is 15.2 Å². The molecular weight excluding hydrogens is 218 g/mol. The van der Waals surface area contributed by atoms with Crippen molar-refractivity contribution >= 4 is 29.2 Å². The quantitative estimate of drug-likeness (QED) is 0.764. The van der Waals surface area contributed by atoms with E-state index in [1.807, 2.05) is 0 Å². The first kappa shape index (κ1) is 11.3. The maximum atomic E-state index is 11.1. The number of hydrogen-bond donors (Lipinski definition) is 1. The van der Waals surface area contributed by atoms with Gasteiger partial charge in [-0.25, -0.2) is 0 Å². The first-order chi connectivity index (χ1) is 7.08. The monoisotopic (exact) mass is 224 g/mol. The Bertz CT molecular complexity index is 415. The molecule has 0 aliphatic carbocycles. The molecule has 0 bridgehead atoms. The number of carboxylic acid groups (broad SMARTS) is 1. The average molecular weight is 225 g/mol. The summed E-state index contributed by atoms with van der Waals surface area (Å²) in [7, 11) is 0. The second kappa shape index (κ2) is 5.17. The summed E-state index contributed by atoms with van der Waals surface area (Å²) in [4.78, 5) is 21.1. The summed E-state index contributed by atoms with van der Waals surface area (Å²) in [5, 5.41) is 12.9. The normalized spacial score (nSPS) is 10.2. The van der Waals surface area contributed by atoms with Gasteiger partial charge in [0.25, 0.3) is 0 Å². The molecule has 4 nitrogen and oxygen atoms in total. The molecular formula is C10H7ClNO3-. The molecule has 78 valence electrons. The Labute approximate surface area is 91.2 Å². The number of nitrogens with one attached hydrogen (secondary N) is 1. The molecule has 0 fully saturated rings. The van der Waals surface area contributed by atoms with Crippen LogP contribution in [0, 0.1) is 0 Å². The van der Waals surface area contributed by atoms with E-state index >= 15 is 0 Å². The Morgan fingerprint density at radius 3 is 2.67 bits per heavy atom. The lowest BCUT2D eigenvalue weighted by molar-refractivity contribution is -0.297. The van der Waals surface area contributed by atoms with Gasteiger partial charge >= 0.3 is 0 Å². The van der Waals surface area contributed by atoms with Gasteiger partial charge in [0.05, 0.1) is 5.97 Å². The molecule has 0 aliphatic heterocycles. The lowest BCUT2D eigenvalue weighted by atomic mass is 10.3. The predicted molar refractivity (Wildman–Crippen MR) is 54.2 cm³/mol. The molecule has 15 heavy (non-hydrogen) atoms. The van der Waals surface area contributed by atoms with E-state index in [1.54, 1.807) is 24.3 Å². The van der Waals surface area contributed by atoms with Gasteiger partial charge in [0.15, 0.2) is 0 Å². The van der Waals surface area contributed by atoms with Crippen molar-refractivity contribution in [2.75, 3.05) is 5.32 Å². The van der Waals surface area contributed by atoms with E-state index in [0.29, 0.717) is 16.8 Å². The summed E-state index contributed by atoms with van der Waals surface area (Å²) in [5.74, 6) is -1.97. The molecule has 0 unspecified atom stereocenters. The third-order valence-corrected chi connectivity index (χ3v) is 1.70. The molecule has 0 atom stereocenters. The van der Waals surface area contributed by atoms with Crippen LogP contribution in [0.5, 0.6) is 0 Å². The van der Waals surface area contributed by atoms with Crippen LogP contribution in [-0.4, -0.2) is 11.9 Å². The molecule has 5 heteroatoms. The molecule has 0 aromatic heterocycles. The molecule has 1 aromatic carbocycles. The zero-order valence-corrected chi connectivity index (χ0v) is 8.32. The fourth-order valence-corrected chi connectivity index (χ4v) is 1.08. The molecule has 0 heterocycles. The summed E-state index contributed by atoms with van der Waals surface area (Å²) < 4.78 is 0. The van der Waals surface area contributed by atoms with Crippen LogP contribution in [0.15, 0.2) is 36.4 Å². The maximum absolute atomic E-state index is 11.1. The largest absolute Gasteiger partial charge is 0.545 e.